The Morgan fingerprint density at radius 1 is 1.00 bits per heavy atom. The predicted octanol–water partition coefficient (Wildman–Crippen LogP) is 2.78. The number of aromatic amines is 1. The van der Waals surface area contributed by atoms with E-state index in [0.717, 1.165) is 11.1 Å². The summed E-state index contributed by atoms with van der Waals surface area (Å²) in [5.41, 5.74) is 3.18. The van der Waals surface area contributed by atoms with E-state index in [1.54, 1.807) is 0 Å². The Balaban J connectivity index is 1.50. The van der Waals surface area contributed by atoms with Crippen LogP contribution in [0, 0.1) is 6.92 Å². The predicted molar refractivity (Wildman–Crippen MR) is 92.1 cm³/mol. The van der Waals surface area contributed by atoms with Gasteiger partial charge in [-0.05, 0) is 12.5 Å². The normalized spacial score (nSPS) is 10.4. The lowest BCUT2D eigenvalue weighted by molar-refractivity contribution is 0.240. The van der Waals surface area contributed by atoms with Crippen LogP contribution in [0.25, 0.3) is 11.4 Å². The van der Waals surface area contributed by atoms with Crippen molar-refractivity contribution in [3.63, 3.8) is 0 Å². The Kier molecular flexibility index (Phi) is 4.86. The number of amides is 2. The molecule has 2 amide bonds. The van der Waals surface area contributed by atoms with Crippen LogP contribution in [0.1, 0.15) is 17.0 Å². The van der Waals surface area contributed by atoms with Crippen LogP contribution in [0.15, 0.2) is 54.6 Å². The highest BCUT2D eigenvalue weighted by atomic mass is 16.2. The molecule has 3 N–H and O–H groups in total. The maximum Gasteiger partial charge on any atom is 0.315 e. The Labute approximate surface area is 140 Å². The molecule has 6 heteroatoms. The average molecular weight is 321 g/mol. The molecule has 3 aromatic rings. The summed E-state index contributed by atoms with van der Waals surface area (Å²) in [6, 6.07) is 17.5. The van der Waals surface area contributed by atoms with Crippen LogP contribution in [-0.2, 0) is 13.1 Å². The number of urea groups is 1. The van der Waals surface area contributed by atoms with Gasteiger partial charge in [0, 0.05) is 12.1 Å². The summed E-state index contributed by atoms with van der Waals surface area (Å²) < 4.78 is 0. The highest BCUT2D eigenvalue weighted by molar-refractivity contribution is 5.73. The van der Waals surface area contributed by atoms with Crippen molar-refractivity contribution in [1.29, 1.82) is 0 Å². The third-order valence-corrected chi connectivity index (χ3v) is 3.55. The van der Waals surface area contributed by atoms with Gasteiger partial charge in [-0.15, -0.1) is 0 Å². The fourth-order valence-corrected chi connectivity index (χ4v) is 2.21. The summed E-state index contributed by atoms with van der Waals surface area (Å²) in [6.45, 7) is 2.81. The summed E-state index contributed by atoms with van der Waals surface area (Å²) in [6.07, 6.45) is 0. The topological polar surface area (TPSA) is 82.7 Å². The molecule has 6 nitrogen and oxygen atoms in total. The van der Waals surface area contributed by atoms with Crippen LogP contribution in [0.3, 0.4) is 0 Å². The first-order chi connectivity index (χ1) is 11.7. The number of hydrogen-bond acceptors (Lipinski definition) is 3. The standard InChI is InChI=1S/C18H19N5O/c1-13-7-9-15(10-8-13)17-21-16(22-23-17)12-20-18(24)19-11-14-5-3-2-4-6-14/h2-10H,11-12H2,1H3,(H2,19,20,24)(H,21,22,23). The molecular formula is C18H19N5O. The molecule has 0 fully saturated rings. The lowest BCUT2D eigenvalue weighted by Gasteiger charge is -2.06. The highest BCUT2D eigenvalue weighted by Crippen LogP contribution is 2.14. The van der Waals surface area contributed by atoms with Gasteiger partial charge in [-0.25, -0.2) is 9.78 Å². The van der Waals surface area contributed by atoms with Crippen molar-refractivity contribution >= 4 is 6.03 Å². The zero-order valence-corrected chi connectivity index (χ0v) is 13.4. The second-order valence-electron chi connectivity index (χ2n) is 5.49. The SMILES string of the molecule is Cc1ccc(-c2n[nH]c(CNC(=O)NCc3ccccc3)n2)cc1. The number of benzene rings is 2. The first-order valence-corrected chi connectivity index (χ1v) is 7.74. The average Bonchev–Trinajstić information content (AvgIpc) is 3.09. The van der Waals surface area contributed by atoms with Crippen LogP contribution in [-0.4, -0.2) is 21.2 Å². The third kappa shape index (κ3) is 4.19. The lowest BCUT2D eigenvalue weighted by atomic mass is 10.1. The number of carbonyl (C=O) groups is 1. The number of carbonyl (C=O) groups excluding carboxylic acids is 1. The molecule has 0 bridgehead atoms. The molecule has 0 aliphatic carbocycles. The minimum absolute atomic E-state index is 0.243. The molecule has 1 heterocycles. The van der Waals surface area contributed by atoms with Crippen LogP contribution in [0.4, 0.5) is 4.79 Å². The third-order valence-electron chi connectivity index (χ3n) is 3.55. The molecule has 0 saturated heterocycles. The second kappa shape index (κ2) is 7.41. The molecule has 2 aromatic carbocycles. The number of nitrogens with one attached hydrogen (secondary N) is 3. The molecule has 3 rings (SSSR count). The van der Waals surface area contributed by atoms with Crippen LogP contribution >= 0.6 is 0 Å². The maximum atomic E-state index is 11.8. The molecule has 0 radical (unpaired) electrons. The fraction of sp³-hybridized carbons (Fsp3) is 0.167. The number of H-pyrrole nitrogens is 1. The first kappa shape index (κ1) is 15.7. The van der Waals surface area contributed by atoms with Gasteiger partial charge in [0.2, 0.25) is 0 Å². The van der Waals surface area contributed by atoms with Crippen LogP contribution in [0.2, 0.25) is 0 Å². The number of rotatable bonds is 5. The molecule has 0 aliphatic heterocycles. The summed E-state index contributed by atoms with van der Waals surface area (Å²) in [7, 11) is 0. The van der Waals surface area contributed by atoms with Gasteiger partial charge < -0.3 is 10.6 Å². The monoisotopic (exact) mass is 321 g/mol. The Bertz CT molecular complexity index is 796. The van der Waals surface area contributed by atoms with Gasteiger partial charge in [-0.1, -0.05) is 60.2 Å². The number of hydrogen-bond donors (Lipinski definition) is 3. The van der Waals surface area contributed by atoms with Crippen LogP contribution in [0.5, 0.6) is 0 Å². The van der Waals surface area contributed by atoms with Gasteiger partial charge in [-0.2, -0.15) is 5.10 Å². The molecule has 0 atom stereocenters. The zero-order chi connectivity index (χ0) is 16.8. The van der Waals surface area contributed by atoms with E-state index >= 15 is 0 Å². The van der Waals surface area contributed by atoms with Crippen LogP contribution < -0.4 is 10.6 Å². The number of aryl methyl sites for hydroxylation is 1. The zero-order valence-electron chi connectivity index (χ0n) is 13.4. The van der Waals surface area contributed by atoms with Gasteiger partial charge in [-0.3, -0.25) is 5.10 Å². The molecule has 0 aliphatic rings. The van der Waals surface area contributed by atoms with E-state index < -0.39 is 0 Å². The van der Waals surface area contributed by atoms with Gasteiger partial charge in [0.25, 0.3) is 0 Å². The van der Waals surface area contributed by atoms with E-state index in [1.165, 1.54) is 5.56 Å². The van der Waals surface area contributed by atoms with Crippen molar-refractivity contribution in [3.05, 3.63) is 71.5 Å². The molecule has 0 saturated carbocycles. The summed E-state index contributed by atoms with van der Waals surface area (Å²) in [5, 5.41) is 12.6. The van der Waals surface area contributed by atoms with E-state index in [0.29, 0.717) is 24.7 Å². The molecule has 1 aromatic heterocycles. The van der Waals surface area contributed by atoms with E-state index in [9.17, 15) is 4.79 Å². The van der Waals surface area contributed by atoms with E-state index in [2.05, 4.69) is 25.8 Å². The molecule has 24 heavy (non-hydrogen) atoms. The van der Waals surface area contributed by atoms with Gasteiger partial charge in [0.15, 0.2) is 5.82 Å². The molecule has 122 valence electrons. The van der Waals surface area contributed by atoms with E-state index in [-0.39, 0.29) is 6.03 Å². The highest BCUT2D eigenvalue weighted by Gasteiger charge is 2.07. The first-order valence-electron chi connectivity index (χ1n) is 7.74. The van der Waals surface area contributed by atoms with Gasteiger partial charge in [0.05, 0.1) is 6.54 Å². The minimum atomic E-state index is -0.243. The maximum absolute atomic E-state index is 11.8. The quantitative estimate of drug-likeness (QED) is 0.676. The fourth-order valence-electron chi connectivity index (χ4n) is 2.21. The van der Waals surface area contributed by atoms with E-state index in [4.69, 9.17) is 0 Å². The Hall–Kier alpha value is -3.15. The minimum Gasteiger partial charge on any atom is -0.334 e. The van der Waals surface area contributed by atoms with Gasteiger partial charge in [0.1, 0.15) is 5.82 Å². The van der Waals surface area contributed by atoms with Crippen molar-refractivity contribution < 1.29 is 4.79 Å². The van der Waals surface area contributed by atoms with E-state index in [1.807, 2.05) is 61.5 Å². The molecule has 0 spiro atoms. The van der Waals surface area contributed by atoms with Crippen molar-refractivity contribution in [2.75, 3.05) is 0 Å². The van der Waals surface area contributed by atoms with Crippen molar-refractivity contribution in [3.8, 4) is 11.4 Å². The molecular weight excluding hydrogens is 302 g/mol. The smallest absolute Gasteiger partial charge is 0.315 e. The lowest BCUT2D eigenvalue weighted by Crippen LogP contribution is -2.34. The Morgan fingerprint density at radius 2 is 1.71 bits per heavy atom. The molecule has 0 unspecified atom stereocenters. The van der Waals surface area contributed by atoms with Crippen molar-refractivity contribution in [2.24, 2.45) is 0 Å². The van der Waals surface area contributed by atoms with Gasteiger partial charge >= 0.3 is 6.03 Å². The second-order valence-corrected chi connectivity index (χ2v) is 5.49. The van der Waals surface area contributed by atoms with Crippen molar-refractivity contribution in [2.45, 2.75) is 20.0 Å². The largest absolute Gasteiger partial charge is 0.334 e. The number of nitrogens with zero attached hydrogens (tertiary/aromatic N) is 2. The Morgan fingerprint density at radius 3 is 2.46 bits per heavy atom. The summed E-state index contributed by atoms with van der Waals surface area (Å²) >= 11 is 0. The van der Waals surface area contributed by atoms with Crippen molar-refractivity contribution in [1.82, 2.24) is 25.8 Å². The summed E-state index contributed by atoms with van der Waals surface area (Å²) in [4.78, 5) is 16.2. The number of aromatic nitrogens is 3. The summed E-state index contributed by atoms with van der Waals surface area (Å²) in [5.74, 6) is 1.23.